The Morgan fingerprint density at radius 3 is 2.71 bits per heavy atom. The number of amides is 1. The van der Waals surface area contributed by atoms with Crippen molar-refractivity contribution in [2.75, 3.05) is 26.0 Å². The highest BCUT2D eigenvalue weighted by atomic mass is 16.4. The van der Waals surface area contributed by atoms with Crippen LogP contribution in [0.25, 0.3) is 0 Å². The number of carbonyl (C=O) groups is 1. The smallest absolute Gasteiger partial charge is 0.315 e. The van der Waals surface area contributed by atoms with Crippen LogP contribution < -0.4 is 10.6 Å². The minimum Gasteiger partial charge on any atom is -0.407 e. The number of carbonyl (C=O) groups excluding carboxylic acids is 1. The van der Waals surface area contributed by atoms with Gasteiger partial charge in [-0.2, -0.15) is 0 Å². The van der Waals surface area contributed by atoms with Gasteiger partial charge in [0.15, 0.2) is 0 Å². The molecule has 0 unspecified atom stereocenters. The molecule has 0 saturated heterocycles. The van der Waals surface area contributed by atoms with Crippen LogP contribution >= 0.6 is 0 Å². The van der Waals surface area contributed by atoms with Crippen molar-refractivity contribution in [3.05, 3.63) is 5.89 Å². The molecule has 0 radical (unpaired) electrons. The number of hydrogen-bond acceptors (Lipinski definition) is 6. The number of likely N-dealkylation sites (N-methyl/N-ethyl adjacent to an activating group) is 1. The summed E-state index contributed by atoms with van der Waals surface area (Å²) >= 11 is 0. The Morgan fingerprint density at radius 1 is 1.41 bits per heavy atom. The summed E-state index contributed by atoms with van der Waals surface area (Å²) in [6, 6.07) is 0.620. The zero-order chi connectivity index (χ0) is 12.8. The highest BCUT2D eigenvalue weighted by Crippen LogP contribution is 2.04. The first kappa shape index (κ1) is 13.4. The van der Waals surface area contributed by atoms with Gasteiger partial charge in [0.25, 0.3) is 0 Å². The molecule has 1 rings (SSSR count). The molecule has 0 spiro atoms. The van der Waals surface area contributed by atoms with Gasteiger partial charge in [-0.1, -0.05) is 18.9 Å². The summed E-state index contributed by atoms with van der Waals surface area (Å²) in [5.41, 5.74) is 0. The van der Waals surface area contributed by atoms with Crippen LogP contribution in [-0.2, 0) is 11.3 Å². The molecule has 1 heterocycles. The second-order valence-corrected chi connectivity index (χ2v) is 4.18. The molecule has 0 atom stereocenters. The molecule has 0 aliphatic rings. The van der Waals surface area contributed by atoms with E-state index in [9.17, 15) is 4.79 Å². The Kier molecular flexibility index (Phi) is 4.89. The molecule has 17 heavy (non-hydrogen) atoms. The van der Waals surface area contributed by atoms with Crippen LogP contribution in [0.15, 0.2) is 4.42 Å². The lowest BCUT2D eigenvalue weighted by Gasteiger charge is -2.09. The lowest BCUT2D eigenvalue weighted by molar-refractivity contribution is -0.126. The largest absolute Gasteiger partial charge is 0.407 e. The van der Waals surface area contributed by atoms with Crippen LogP contribution in [-0.4, -0.2) is 47.7 Å². The highest BCUT2D eigenvalue weighted by Gasteiger charge is 2.08. The predicted molar refractivity (Wildman–Crippen MR) is 63.5 cm³/mol. The summed E-state index contributed by atoms with van der Waals surface area (Å²) in [6.45, 7) is 4.73. The maximum Gasteiger partial charge on any atom is 0.315 e. The molecule has 1 amide bonds. The predicted octanol–water partition coefficient (Wildman–Crippen LogP) is 0.0677. The Morgan fingerprint density at radius 2 is 2.12 bits per heavy atom. The average molecular weight is 241 g/mol. The fourth-order valence-electron chi connectivity index (χ4n) is 0.997. The van der Waals surface area contributed by atoms with Crippen LogP contribution in [0.5, 0.6) is 0 Å². The Hall–Kier alpha value is -1.63. The lowest BCUT2D eigenvalue weighted by atomic mass is 10.4. The first-order valence-corrected chi connectivity index (χ1v) is 5.49. The fraction of sp³-hybridized carbons (Fsp3) is 0.700. The van der Waals surface area contributed by atoms with Gasteiger partial charge < -0.3 is 20.0 Å². The molecule has 0 bridgehead atoms. The molecular weight excluding hydrogens is 222 g/mol. The average Bonchev–Trinajstić information content (AvgIpc) is 2.70. The number of hydrogen-bond donors (Lipinski definition) is 2. The van der Waals surface area contributed by atoms with E-state index in [-0.39, 0.29) is 18.5 Å². The third kappa shape index (κ3) is 4.81. The van der Waals surface area contributed by atoms with Gasteiger partial charge in [0.2, 0.25) is 11.8 Å². The molecule has 7 nitrogen and oxygen atoms in total. The minimum atomic E-state index is -0.0509. The van der Waals surface area contributed by atoms with Gasteiger partial charge in [0.1, 0.15) is 0 Å². The van der Waals surface area contributed by atoms with Gasteiger partial charge in [-0.15, -0.1) is 5.10 Å². The maximum atomic E-state index is 11.3. The molecule has 0 aliphatic heterocycles. The number of nitrogens with zero attached hydrogens (tertiary/aromatic N) is 3. The SMILES string of the molecule is CC(C)NCc1nnc(NCC(=O)N(C)C)o1. The molecule has 96 valence electrons. The van der Waals surface area contributed by atoms with Crippen molar-refractivity contribution in [1.82, 2.24) is 20.4 Å². The Balaban J connectivity index is 2.38. The van der Waals surface area contributed by atoms with E-state index in [0.717, 1.165) is 0 Å². The first-order valence-electron chi connectivity index (χ1n) is 5.49. The van der Waals surface area contributed by atoms with Gasteiger partial charge >= 0.3 is 6.01 Å². The normalized spacial score (nSPS) is 10.6. The summed E-state index contributed by atoms with van der Waals surface area (Å²) in [6.07, 6.45) is 0. The molecule has 2 N–H and O–H groups in total. The van der Waals surface area contributed by atoms with Crippen molar-refractivity contribution < 1.29 is 9.21 Å². The van der Waals surface area contributed by atoms with E-state index in [1.807, 2.05) is 13.8 Å². The van der Waals surface area contributed by atoms with Crippen LogP contribution in [0.4, 0.5) is 6.01 Å². The van der Waals surface area contributed by atoms with Crippen LogP contribution in [0.3, 0.4) is 0 Å². The summed E-state index contributed by atoms with van der Waals surface area (Å²) in [7, 11) is 3.38. The van der Waals surface area contributed by atoms with Gasteiger partial charge in [-0.05, 0) is 0 Å². The molecular formula is C10H19N5O2. The second kappa shape index (κ2) is 6.19. The fourth-order valence-corrected chi connectivity index (χ4v) is 0.997. The van der Waals surface area contributed by atoms with E-state index in [1.165, 1.54) is 4.90 Å². The van der Waals surface area contributed by atoms with Crippen LogP contribution in [0.1, 0.15) is 19.7 Å². The van der Waals surface area contributed by atoms with Crippen molar-refractivity contribution in [3.8, 4) is 0 Å². The van der Waals surface area contributed by atoms with Gasteiger partial charge in [-0.3, -0.25) is 4.79 Å². The van der Waals surface area contributed by atoms with Crippen molar-refractivity contribution in [1.29, 1.82) is 0 Å². The number of rotatable bonds is 6. The summed E-state index contributed by atoms with van der Waals surface area (Å²) in [5, 5.41) is 13.6. The monoisotopic (exact) mass is 241 g/mol. The number of nitrogens with one attached hydrogen (secondary N) is 2. The Bertz CT molecular complexity index is 361. The van der Waals surface area contributed by atoms with Crippen molar-refractivity contribution in [3.63, 3.8) is 0 Å². The van der Waals surface area contributed by atoms with Gasteiger partial charge in [-0.25, -0.2) is 0 Å². The number of anilines is 1. The van der Waals surface area contributed by atoms with E-state index >= 15 is 0 Å². The third-order valence-corrected chi connectivity index (χ3v) is 2.02. The van der Waals surface area contributed by atoms with E-state index in [0.29, 0.717) is 18.5 Å². The highest BCUT2D eigenvalue weighted by molar-refractivity contribution is 5.79. The number of aromatic nitrogens is 2. The van der Waals surface area contributed by atoms with Gasteiger partial charge in [0, 0.05) is 20.1 Å². The summed E-state index contributed by atoms with van der Waals surface area (Å²) < 4.78 is 5.30. The van der Waals surface area contributed by atoms with Crippen molar-refractivity contribution in [2.24, 2.45) is 0 Å². The Labute approximate surface area is 101 Å². The molecule has 1 aromatic heterocycles. The van der Waals surface area contributed by atoms with E-state index in [2.05, 4.69) is 20.8 Å². The minimum absolute atomic E-state index is 0.0509. The standard InChI is InChI=1S/C10H19N5O2/c1-7(2)11-5-8-13-14-10(17-8)12-6-9(16)15(3)4/h7,11H,5-6H2,1-4H3,(H,12,14). The zero-order valence-electron chi connectivity index (χ0n) is 10.6. The molecule has 0 aliphatic carbocycles. The first-order chi connectivity index (χ1) is 7.99. The summed E-state index contributed by atoms with van der Waals surface area (Å²) in [5.74, 6) is 0.448. The van der Waals surface area contributed by atoms with E-state index in [1.54, 1.807) is 14.1 Å². The maximum absolute atomic E-state index is 11.3. The molecule has 0 fully saturated rings. The van der Waals surface area contributed by atoms with Crippen molar-refractivity contribution in [2.45, 2.75) is 26.4 Å². The second-order valence-electron chi connectivity index (χ2n) is 4.18. The third-order valence-electron chi connectivity index (χ3n) is 2.02. The van der Waals surface area contributed by atoms with Crippen LogP contribution in [0.2, 0.25) is 0 Å². The van der Waals surface area contributed by atoms with E-state index < -0.39 is 0 Å². The topological polar surface area (TPSA) is 83.3 Å². The molecule has 0 aromatic carbocycles. The molecule has 7 heteroatoms. The lowest BCUT2D eigenvalue weighted by Crippen LogP contribution is -2.28. The molecule has 0 saturated carbocycles. The van der Waals surface area contributed by atoms with Gasteiger partial charge in [0.05, 0.1) is 13.1 Å². The van der Waals surface area contributed by atoms with E-state index in [4.69, 9.17) is 4.42 Å². The summed E-state index contributed by atoms with van der Waals surface area (Å²) in [4.78, 5) is 12.8. The molecule has 1 aromatic rings. The van der Waals surface area contributed by atoms with Crippen molar-refractivity contribution >= 4 is 11.9 Å². The van der Waals surface area contributed by atoms with Crippen LogP contribution in [0, 0.1) is 0 Å². The quantitative estimate of drug-likeness (QED) is 0.733. The zero-order valence-corrected chi connectivity index (χ0v) is 10.6.